The summed E-state index contributed by atoms with van der Waals surface area (Å²) in [7, 11) is 0. The van der Waals surface area contributed by atoms with Crippen molar-refractivity contribution in [1.29, 1.82) is 5.26 Å². The Morgan fingerprint density at radius 2 is 2.31 bits per heavy atom. The Kier molecular flexibility index (Phi) is 2.96. The summed E-state index contributed by atoms with van der Waals surface area (Å²) >= 11 is 0. The summed E-state index contributed by atoms with van der Waals surface area (Å²) in [6.07, 6.45) is 6.56. The molecular formula is C10H11N5O. The number of nitrogens with zero attached hydrogens (tertiary/aromatic N) is 4. The van der Waals surface area contributed by atoms with Gasteiger partial charge in [0.15, 0.2) is 6.19 Å². The Morgan fingerprint density at radius 3 is 3.00 bits per heavy atom. The molecule has 1 aromatic rings. The molecule has 1 unspecified atom stereocenters. The van der Waals surface area contributed by atoms with Crippen LogP contribution in [0.2, 0.25) is 0 Å². The van der Waals surface area contributed by atoms with E-state index >= 15 is 0 Å². The maximum atomic E-state index is 11.6. The van der Waals surface area contributed by atoms with Gasteiger partial charge in [0.1, 0.15) is 6.04 Å². The summed E-state index contributed by atoms with van der Waals surface area (Å²) in [4.78, 5) is 21.6. The van der Waals surface area contributed by atoms with E-state index in [1.54, 1.807) is 24.7 Å². The van der Waals surface area contributed by atoms with Crippen molar-refractivity contribution in [2.45, 2.75) is 18.9 Å². The third-order valence-electron chi connectivity index (χ3n) is 2.54. The first-order valence-corrected chi connectivity index (χ1v) is 5.05. The standard InChI is InChI=1S/C10H11N5O/c11-7-14-9(16)8-3-1-6-15(8)10-12-4-2-5-13-10/h2,4-5,8H,1,3,6H2,(H,14,16). The van der Waals surface area contributed by atoms with Crippen LogP contribution in [0.25, 0.3) is 0 Å². The molecule has 1 fully saturated rings. The van der Waals surface area contributed by atoms with Crippen molar-refractivity contribution >= 4 is 11.9 Å². The van der Waals surface area contributed by atoms with Crippen LogP contribution in [0.1, 0.15) is 12.8 Å². The predicted octanol–water partition coefficient (Wildman–Crippen LogP) is 0.0427. The molecule has 2 rings (SSSR count). The van der Waals surface area contributed by atoms with Crippen molar-refractivity contribution in [2.24, 2.45) is 0 Å². The molecule has 1 atom stereocenters. The highest BCUT2D eigenvalue weighted by Crippen LogP contribution is 2.21. The lowest BCUT2D eigenvalue weighted by atomic mass is 10.2. The van der Waals surface area contributed by atoms with Gasteiger partial charge in [0, 0.05) is 18.9 Å². The van der Waals surface area contributed by atoms with E-state index in [2.05, 4.69) is 15.3 Å². The van der Waals surface area contributed by atoms with Crippen LogP contribution in [0.4, 0.5) is 5.95 Å². The van der Waals surface area contributed by atoms with Crippen LogP contribution in [0.15, 0.2) is 18.5 Å². The molecule has 82 valence electrons. The van der Waals surface area contributed by atoms with E-state index in [1.165, 1.54) is 0 Å². The number of hydrogen-bond donors (Lipinski definition) is 1. The number of carbonyl (C=O) groups is 1. The van der Waals surface area contributed by atoms with Crippen molar-refractivity contribution in [3.63, 3.8) is 0 Å². The average Bonchev–Trinajstić information content (AvgIpc) is 2.79. The monoisotopic (exact) mass is 217 g/mol. The molecular weight excluding hydrogens is 206 g/mol. The number of rotatable bonds is 2. The Balaban J connectivity index is 2.16. The third-order valence-corrected chi connectivity index (χ3v) is 2.54. The van der Waals surface area contributed by atoms with Crippen molar-refractivity contribution in [3.8, 4) is 6.19 Å². The summed E-state index contributed by atoms with van der Waals surface area (Å²) in [6.45, 7) is 0.744. The molecule has 0 saturated carbocycles. The van der Waals surface area contributed by atoms with Gasteiger partial charge < -0.3 is 4.90 Å². The quantitative estimate of drug-likeness (QED) is 0.558. The van der Waals surface area contributed by atoms with Gasteiger partial charge >= 0.3 is 0 Å². The molecule has 0 spiro atoms. The molecule has 0 aromatic carbocycles. The molecule has 16 heavy (non-hydrogen) atoms. The van der Waals surface area contributed by atoms with E-state index in [9.17, 15) is 4.79 Å². The van der Waals surface area contributed by atoms with E-state index in [0.717, 1.165) is 19.4 Å². The van der Waals surface area contributed by atoms with Crippen LogP contribution in [0, 0.1) is 11.5 Å². The van der Waals surface area contributed by atoms with Gasteiger partial charge in [0.2, 0.25) is 5.95 Å². The molecule has 2 heterocycles. The summed E-state index contributed by atoms with van der Waals surface area (Å²) in [5.41, 5.74) is 0. The molecule has 1 aromatic heterocycles. The number of anilines is 1. The number of amides is 1. The summed E-state index contributed by atoms with van der Waals surface area (Å²) < 4.78 is 0. The lowest BCUT2D eigenvalue weighted by Crippen LogP contribution is -2.42. The van der Waals surface area contributed by atoms with E-state index in [0.29, 0.717) is 5.95 Å². The number of nitrogens with one attached hydrogen (secondary N) is 1. The van der Waals surface area contributed by atoms with Gasteiger partial charge in [-0.25, -0.2) is 9.97 Å². The highest BCUT2D eigenvalue weighted by molar-refractivity contribution is 5.86. The minimum absolute atomic E-state index is 0.285. The Morgan fingerprint density at radius 1 is 1.56 bits per heavy atom. The predicted molar refractivity (Wildman–Crippen MR) is 56.2 cm³/mol. The lowest BCUT2D eigenvalue weighted by Gasteiger charge is -2.22. The van der Waals surface area contributed by atoms with E-state index in [4.69, 9.17) is 5.26 Å². The fraction of sp³-hybridized carbons (Fsp3) is 0.400. The SMILES string of the molecule is N#CNC(=O)C1CCCN1c1ncccn1. The minimum atomic E-state index is -0.331. The molecule has 0 bridgehead atoms. The van der Waals surface area contributed by atoms with Crippen LogP contribution < -0.4 is 10.2 Å². The molecule has 1 saturated heterocycles. The summed E-state index contributed by atoms with van der Waals surface area (Å²) in [5, 5.41) is 10.6. The fourth-order valence-corrected chi connectivity index (χ4v) is 1.86. The molecule has 1 amide bonds. The van der Waals surface area contributed by atoms with Gasteiger partial charge in [0.25, 0.3) is 5.91 Å². The van der Waals surface area contributed by atoms with E-state index in [-0.39, 0.29) is 11.9 Å². The number of carbonyl (C=O) groups excluding carboxylic acids is 1. The van der Waals surface area contributed by atoms with Gasteiger partial charge in [-0.05, 0) is 18.9 Å². The van der Waals surface area contributed by atoms with Gasteiger partial charge in [0.05, 0.1) is 0 Å². The van der Waals surface area contributed by atoms with Crippen LogP contribution >= 0.6 is 0 Å². The molecule has 6 nitrogen and oxygen atoms in total. The lowest BCUT2D eigenvalue weighted by molar-refractivity contribution is -0.121. The van der Waals surface area contributed by atoms with Crippen molar-refractivity contribution in [2.75, 3.05) is 11.4 Å². The van der Waals surface area contributed by atoms with Crippen molar-refractivity contribution in [3.05, 3.63) is 18.5 Å². The Bertz CT molecular complexity index is 413. The number of aromatic nitrogens is 2. The molecule has 1 aliphatic heterocycles. The molecule has 0 radical (unpaired) electrons. The second kappa shape index (κ2) is 4.57. The maximum Gasteiger partial charge on any atom is 0.255 e. The smallest absolute Gasteiger partial charge is 0.255 e. The zero-order chi connectivity index (χ0) is 11.4. The topological polar surface area (TPSA) is 81.9 Å². The second-order valence-corrected chi connectivity index (χ2v) is 3.50. The van der Waals surface area contributed by atoms with Gasteiger partial charge in [-0.1, -0.05) is 0 Å². The van der Waals surface area contributed by atoms with Crippen LogP contribution in [-0.2, 0) is 4.79 Å². The maximum absolute atomic E-state index is 11.6. The Labute approximate surface area is 92.9 Å². The third kappa shape index (κ3) is 1.93. The van der Waals surface area contributed by atoms with Crippen LogP contribution in [0.3, 0.4) is 0 Å². The molecule has 6 heteroatoms. The normalized spacial score (nSPS) is 19.2. The van der Waals surface area contributed by atoms with Gasteiger partial charge in [-0.3, -0.25) is 10.1 Å². The van der Waals surface area contributed by atoms with Crippen LogP contribution in [-0.4, -0.2) is 28.5 Å². The van der Waals surface area contributed by atoms with Crippen molar-refractivity contribution in [1.82, 2.24) is 15.3 Å². The number of nitriles is 1. The first-order valence-electron chi connectivity index (χ1n) is 5.05. The number of hydrogen-bond acceptors (Lipinski definition) is 5. The molecule has 0 aliphatic carbocycles. The zero-order valence-corrected chi connectivity index (χ0v) is 8.63. The van der Waals surface area contributed by atoms with Gasteiger partial charge in [-0.2, -0.15) is 5.26 Å². The van der Waals surface area contributed by atoms with E-state index in [1.807, 2.05) is 4.90 Å². The highest BCUT2D eigenvalue weighted by atomic mass is 16.2. The molecule has 1 N–H and O–H groups in total. The van der Waals surface area contributed by atoms with E-state index < -0.39 is 0 Å². The first-order chi connectivity index (χ1) is 7.83. The Hall–Kier alpha value is -2.16. The molecule has 1 aliphatic rings. The zero-order valence-electron chi connectivity index (χ0n) is 8.63. The van der Waals surface area contributed by atoms with Crippen molar-refractivity contribution < 1.29 is 4.79 Å². The minimum Gasteiger partial charge on any atom is -0.329 e. The van der Waals surface area contributed by atoms with Crippen LogP contribution in [0.5, 0.6) is 0 Å². The first kappa shape index (κ1) is 10.4. The fourth-order valence-electron chi connectivity index (χ4n) is 1.86. The largest absolute Gasteiger partial charge is 0.329 e. The van der Waals surface area contributed by atoms with Gasteiger partial charge in [-0.15, -0.1) is 0 Å². The highest BCUT2D eigenvalue weighted by Gasteiger charge is 2.32. The average molecular weight is 217 g/mol. The summed E-state index contributed by atoms with van der Waals surface area (Å²) in [5.74, 6) is 0.255. The second-order valence-electron chi connectivity index (χ2n) is 3.50. The summed E-state index contributed by atoms with van der Waals surface area (Å²) in [6, 6.07) is 1.39.